The summed E-state index contributed by atoms with van der Waals surface area (Å²) in [4.78, 5) is 12.3. The Labute approximate surface area is 188 Å². The van der Waals surface area contributed by atoms with Gasteiger partial charge in [-0.05, 0) is 67.1 Å². The van der Waals surface area contributed by atoms with Crippen molar-refractivity contribution in [3.63, 3.8) is 0 Å². The molecule has 3 rings (SSSR count). The number of rotatable bonds is 10. The maximum Gasteiger partial charge on any atom is 0.234 e. The number of carbonyl (C=O) groups is 1. The highest BCUT2D eigenvalue weighted by atomic mass is 32.2. The quantitative estimate of drug-likeness (QED) is 0.469. The van der Waals surface area contributed by atoms with Gasteiger partial charge in [-0.3, -0.25) is 4.79 Å². The van der Waals surface area contributed by atoms with E-state index >= 15 is 0 Å². The van der Waals surface area contributed by atoms with E-state index < -0.39 is 0 Å². The molecule has 0 aliphatic rings. The Morgan fingerprint density at radius 2 is 1.90 bits per heavy atom. The number of thioether (sulfide) groups is 1. The van der Waals surface area contributed by atoms with Gasteiger partial charge in [-0.2, -0.15) is 0 Å². The van der Waals surface area contributed by atoms with Crippen LogP contribution in [-0.4, -0.2) is 33.5 Å². The van der Waals surface area contributed by atoms with Crippen molar-refractivity contribution in [2.75, 3.05) is 18.2 Å². The Kier molecular flexibility index (Phi) is 8.12. The van der Waals surface area contributed by atoms with Crippen molar-refractivity contribution in [1.82, 2.24) is 14.8 Å². The fourth-order valence-corrected chi connectivity index (χ4v) is 4.08. The number of aromatic nitrogens is 3. The van der Waals surface area contributed by atoms with Crippen LogP contribution >= 0.6 is 11.8 Å². The molecule has 0 aliphatic heterocycles. The summed E-state index contributed by atoms with van der Waals surface area (Å²) in [6.45, 7) is 4.22. The van der Waals surface area contributed by atoms with E-state index in [2.05, 4.69) is 41.5 Å². The number of nitrogens with one attached hydrogen (secondary N) is 1. The van der Waals surface area contributed by atoms with E-state index in [1.54, 1.807) is 7.11 Å². The van der Waals surface area contributed by atoms with E-state index in [0.717, 1.165) is 48.1 Å². The Morgan fingerprint density at radius 3 is 2.58 bits per heavy atom. The molecule has 0 spiro atoms. The predicted molar refractivity (Wildman–Crippen MR) is 126 cm³/mol. The number of benzene rings is 2. The molecule has 164 valence electrons. The zero-order valence-corrected chi connectivity index (χ0v) is 19.5. The zero-order chi connectivity index (χ0) is 22.2. The molecule has 6 nitrogen and oxygen atoms in total. The van der Waals surface area contributed by atoms with Crippen LogP contribution in [0.2, 0.25) is 0 Å². The molecule has 0 radical (unpaired) electrons. The molecule has 0 atom stereocenters. The summed E-state index contributed by atoms with van der Waals surface area (Å²) >= 11 is 1.40. The SMILES string of the molecule is CCc1ccc(NC(=O)CSc2nnc(CCCc3ccc(OC)cc3C)n2C)cc1. The van der Waals surface area contributed by atoms with Crippen molar-refractivity contribution < 1.29 is 9.53 Å². The number of amides is 1. The third-order valence-electron chi connectivity index (χ3n) is 5.30. The molecule has 1 N–H and O–H groups in total. The van der Waals surface area contributed by atoms with Crippen LogP contribution in [0.4, 0.5) is 5.69 Å². The van der Waals surface area contributed by atoms with Crippen molar-refractivity contribution in [3.05, 3.63) is 65.0 Å². The molecular weight excluding hydrogens is 408 g/mol. The van der Waals surface area contributed by atoms with Crippen molar-refractivity contribution in [1.29, 1.82) is 0 Å². The topological polar surface area (TPSA) is 69.0 Å². The van der Waals surface area contributed by atoms with Crippen LogP contribution < -0.4 is 10.1 Å². The average molecular weight is 439 g/mol. The van der Waals surface area contributed by atoms with Gasteiger partial charge in [0, 0.05) is 19.2 Å². The second-order valence-corrected chi connectivity index (χ2v) is 8.43. The van der Waals surface area contributed by atoms with E-state index in [0.29, 0.717) is 5.75 Å². The molecule has 0 saturated heterocycles. The summed E-state index contributed by atoms with van der Waals surface area (Å²) in [5.41, 5.74) is 4.63. The Balaban J connectivity index is 1.47. The molecule has 1 amide bonds. The number of nitrogens with zero attached hydrogens (tertiary/aromatic N) is 3. The number of aryl methyl sites for hydroxylation is 4. The van der Waals surface area contributed by atoms with E-state index in [1.807, 2.05) is 41.9 Å². The summed E-state index contributed by atoms with van der Waals surface area (Å²) in [5.74, 6) is 2.07. The molecule has 1 heterocycles. The van der Waals surface area contributed by atoms with Gasteiger partial charge >= 0.3 is 0 Å². The van der Waals surface area contributed by atoms with Gasteiger partial charge in [0.05, 0.1) is 12.9 Å². The van der Waals surface area contributed by atoms with Crippen molar-refractivity contribution in [2.24, 2.45) is 7.05 Å². The minimum absolute atomic E-state index is 0.0474. The number of ether oxygens (including phenoxy) is 1. The normalized spacial score (nSPS) is 10.8. The molecule has 0 saturated carbocycles. The van der Waals surface area contributed by atoms with Gasteiger partial charge in [-0.1, -0.05) is 36.9 Å². The smallest absolute Gasteiger partial charge is 0.234 e. The minimum atomic E-state index is -0.0474. The van der Waals surface area contributed by atoms with Crippen molar-refractivity contribution in [2.45, 2.75) is 44.7 Å². The van der Waals surface area contributed by atoms with Crippen LogP contribution in [-0.2, 0) is 31.1 Å². The molecular formula is C24H30N4O2S. The first-order valence-electron chi connectivity index (χ1n) is 10.5. The molecule has 0 fully saturated rings. The maximum absolute atomic E-state index is 12.3. The molecule has 0 aliphatic carbocycles. The number of hydrogen-bond donors (Lipinski definition) is 1. The van der Waals surface area contributed by atoms with E-state index in [9.17, 15) is 4.79 Å². The second-order valence-electron chi connectivity index (χ2n) is 7.49. The number of carbonyl (C=O) groups excluding carboxylic acids is 1. The Bertz CT molecular complexity index is 1010. The highest BCUT2D eigenvalue weighted by Gasteiger charge is 2.12. The lowest BCUT2D eigenvalue weighted by atomic mass is 10.0. The van der Waals surface area contributed by atoms with Gasteiger partial charge in [0.15, 0.2) is 5.16 Å². The summed E-state index contributed by atoms with van der Waals surface area (Å²) in [7, 11) is 3.64. The van der Waals surface area contributed by atoms with Crippen LogP contribution in [0.25, 0.3) is 0 Å². The molecule has 0 bridgehead atoms. The van der Waals surface area contributed by atoms with Gasteiger partial charge in [0.25, 0.3) is 0 Å². The molecule has 1 aromatic heterocycles. The van der Waals surface area contributed by atoms with Crippen LogP contribution in [0.5, 0.6) is 5.75 Å². The number of hydrogen-bond acceptors (Lipinski definition) is 5. The maximum atomic E-state index is 12.3. The van der Waals surface area contributed by atoms with Gasteiger partial charge in [0.1, 0.15) is 11.6 Å². The lowest BCUT2D eigenvalue weighted by Gasteiger charge is -2.08. The van der Waals surface area contributed by atoms with Gasteiger partial charge in [0.2, 0.25) is 5.91 Å². The van der Waals surface area contributed by atoms with E-state index in [-0.39, 0.29) is 5.91 Å². The zero-order valence-electron chi connectivity index (χ0n) is 18.6. The lowest BCUT2D eigenvalue weighted by molar-refractivity contribution is -0.113. The predicted octanol–water partition coefficient (Wildman–Crippen LogP) is 4.60. The van der Waals surface area contributed by atoms with Crippen LogP contribution in [0.3, 0.4) is 0 Å². The molecule has 2 aromatic carbocycles. The van der Waals surface area contributed by atoms with Crippen LogP contribution in [0.1, 0.15) is 35.9 Å². The van der Waals surface area contributed by atoms with E-state index in [1.165, 1.54) is 28.5 Å². The molecule has 0 unspecified atom stereocenters. The largest absolute Gasteiger partial charge is 0.497 e. The Morgan fingerprint density at radius 1 is 1.13 bits per heavy atom. The van der Waals surface area contributed by atoms with E-state index in [4.69, 9.17) is 4.74 Å². The molecule has 3 aromatic rings. The summed E-state index contributed by atoms with van der Waals surface area (Å²) < 4.78 is 7.25. The molecule has 31 heavy (non-hydrogen) atoms. The summed E-state index contributed by atoms with van der Waals surface area (Å²) in [6.07, 6.45) is 3.78. The minimum Gasteiger partial charge on any atom is -0.497 e. The van der Waals surface area contributed by atoms with Crippen LogP contribution in [0.15, 0.2) is 47.6 Å². The summed E-state index contributed by atoms with van der Waals surface area (Å²) in [5, 5.41) is 12.3. The highest BCUT2D eigenvalue weighted by Crippen LogP contribution is 2.20. The first-order chi connectivity index (χ1) is 15.0. The fourth-order valence-electron chi connectivity index (χ4n) is 3.35. The van der Waals surface area contributed by atoms with Gasteiger partial charge in [-0.25, -0.2) is 0 Å². The van der Waals surface area contributed by atoms with Crippen LogP contribution in [0, 0.1) is 6.92 Å². The summed E-state index contributed by atoms with van der Waals surface area (Å²) in [6, 6.07) is 14.1. The van der Waals surface area contributed by atoms with Crippen molar-refractivity contribution in [3.8, 4) is 5.75 Å². The monoisotopic (exact) mass is 438 g/mol. The third-order valence-corrected chi connectivity index (χ3v) is 6.32. The highest BCUT2D eigenvalue weighted by molar-refractivity contribution is 7.99. The number of methoxy groups -OCH3 is 1. The molecule has 7 heteroatoms. The van der Waals surface area contributed by atoms with Gasteiger partial charge in [-0.15, -0.1) is 10.2 Å². The third kappa shape index (κ3) is 6.34. The fraction of sp³-hybridized carbons (Fsp3) is 0.375. The first kappa shape index (κ1) is 22.9. The lowest BCUT2D eigenvalue weighted by Crippen LogP contribution is -2.14. The number of anilines is 1. The first-order valence-corrected chi connectivity index (χ1v) is 11.5. The standard InChI is InChI=1S/C24H30N4O2S/c1-5-18-9-12-20(13-10-18)25-23(29)16-31-24-27-26-22(28(24)3)8-6-7-19-11-14-21(30-4)15-17(19)2/h9-15H,5-8,16H2,1-4H3,(H,25,29). The van der Waals surface area contributed by atoms with Gasteiger partial charge < -0.3 is 14.6 Å². The second kappa shape index (κ2) is 11.0. The average Bonchev–Trinajstić information content (AvgIpc) is 3.13. The van der Waals surface area contributed by atoms with Crippen molar-refractivity contribution >= 4 is 23.4 Å². The Hall–Kier alpha value is -2.80.